The molecule has 1 rings (SSSR count). The molecule has 1 N–H and O–H groups in total. The van der Waals surface area contributed by atoms with Gasteiger partial charge in [0, 0.05) is 25.6 Å². The molecule has 0 aromatic carbocycles. The van der Waals surface area contributed by atoms with E-state index in [0.29, 0.717) is 23.8 Å². The van der Waals surface area contributed by atoms with Gasteiger partial charge in [-0.3, -0.25) is 4.79 Å². The summed E-state index contributed by atoms with van der Waals surface area (Å²) in [6.45, 7) is 8.46. The zero-order valence-electron chi connectivity index (χ0n) is 12.2. The number of rotatable bonds is 5. The number of nitrogens with one attached hydrogen (secondary N) is 1. The summed E-state index contributed by atoms with van der Waals surface area (Å²) in [5.74, 6) is 1.50. The van der Waals surface area contributed by atoms with Crippen molar-refractivity contribution < 1.29 is 4.79 Å². The molecule has 1 heterocycles. The first-order valence-electron chi connectivity index (χ1n) is 7.03. The Labute approximate surface area is 118 Å². The van der Waals surface area contributed by atoms with Crippen LogP contribution >= 0.6 is 12.4 Å². The second kappa shape index (κ2) is 8.76. The van der Waals surface area contributed by atoms with Crippen LogP contribution in [-0.2, 0) is 4.79 Å². The highest BCUT2D eigenvalue weighted by Gasteiger charge is 2.25. The van der Waals surface area contributed by atoms with Crippen molar-refractivity contribution in [3.05, 3.63) is 0 Å². The maximum Gasteiger partial charge on any atom is 0.222 e. The SMILES string of the molecule is CCC(CC(=O)N1CCCC(NC)C1)C(C)C.Cl. The Morgan fingerprint density at radius 1 is 1.44 bits per heavy atom. The molecule has 1 aliphatic rings. The lowest BCUT2D eigenvalue weighted by Crippen LogP contribution is -2.47. The minimum atomic E-state index is 0. The van der Waals surface area contributed by atoms with Crippen LogP contribution in [0.25, 0.3) is 0 Å². The number of amides is 1. The molecule has 0 bridgehead atoms. The maximum absolute atomic E-state index is 12.2. The minimum Gasteiger partial charge on any atom is -0.341 e. The van der Waals surface area contributed by atoms with Crippen molar-refractivity contribution in [3.8, 4) is 0 Å². The van der Waals surface area contributed by atoms with Crippen LogP contribution in [0.2, 0.25) is 0 Å². The monoisotopic (exact) mass is 276 g/mol. The molecule has 0 radical (unpaired) electrons. The van der Waals surface area contributed by atoms with Crippen molar-refractivity contribution >= 4 is 18.3 Å². The molecule has 1 saturated heterocycles. The van der Waals surface area contributed by atoms with Crippen LogP contribution in [0.5, 0.6) is 0 Å². The number of hydrogen-bond donors (Lipinski definition) is 1. The largest absolute Gasteiger partial charge is 0.341 e. The number of likely N-dealkylation sites (tertiary alicyclic amines) is 1. The van der Waals surface area contributed by atoms with Crippen molar-refractivity contribution in [1.29, 1.82) is 0 Å². The fourth-order valence-electron chi connectivity index (χ4n) is 2.64. The second-order valence-corrected chi connectivity index (χ2v) is 5.58. The molecule has 0 spiro atoms. The molecular formula is C14H29ClN2O. The molecule has 0 aliphatic carbocycles. The van der Waals surface area contributed by atoms with E-state index >= 15 is 0 Å². The van der Waals surface area contributed by atoms with E-state index in [9.17, 15) is 4.79 Å². The molecule has 18 heavy (non-hydrogen) atoms. The van der Waals surface area contributed by atoms with Crippen LogP contribution in [0.15, 0.2) is 0 Å². The standard InChI is InChI=1S/C14H28N2O.ClH/c1-5-12(11(2)3)9-14(17)16-8-6-7-13(10-16)15-4;/h11-13,15H,5-10H2,1-4H3;1H. The predicted molar refractivity (Wildman–Crippen MR) is 79.1 cm³/mol. The summed E-state index contributed by atoms with van der Waals surface area (Å²) >= 11 is 0. The van der Waals surface area contributed by atoms with Gasteiger partial charge in [-0.2, -0.15) is 0 Å². The van der Waals surface area contributed by atoms with E-state index < -0.39 is 0 Å². The van der Waals surface area contributed by atoms with E-state index in [1.165, 1.54) is 6.42 Å². The van der Waals surface area contributed by atoms with E-state index in [1.54, 1.807) is 0 Å². The van der Waals surface area contributed by atoms with Gasteiger partial charge in [-0.1, -0.05) is 27.2 Å². The van der Waals surface area contributed by atoms with E-state index in [0.717, 1.165) is 32.4 Å². The molecule has 2 atom stereocenters. The molecule has 1 aliphatic heterocycles. The third-order valence-corrected chi connectivity index (χ3v) is 4.09. The van der Waals surface area contributed by atoms with Crippen molar-refractivity contribution in [3.63, 3.8) is 0 Å². The lowest BCUT2D eigenvalue weighted by Gasteiger charge is -2.34. The van der Waals surface area contributed by atoms with E-state index in [4.69, 9.17) is 0 Å². The fraction of sp³-hybridized carbons (Fsp3) is 0.929. The molecule has 1 fully saturated rings. The summed E-state index contributed by atoms with van der Waals surface area (Å²) in [5, 5.41) is 3.28. The van der Waals surface area contributed by atoms with Crippen LogP contribution in [0.3, 0.4) is 0 Å². The average molecular weight is 277 g/mol. The number of halogens is 1. The number of likely N-dealkylation sites (N-methyl/N-ethyl adjacent to an activating group) is 1. The van der Waals surface area contributed by atoms with Crippen LogP contribution < -0.4 is 5.32 Å². The van der Waals surface area contributed by atoms with Gasteiger partial charge >= 0.3 is 0 Å². The molecule has 0 aromatic rings. The second-order valence-electron chi connectivity index (χ2n) is 5.58. The summed E-state index contributed by atoms with van der Waals surface area (Å²) in [7, 11) is 1.99. The highest BCUT2D eigenvalue weighted by molar-refractivity contribution is 5.85. The van der Waals surface area contributed by atoms with Gasteiger partial charge in [0.15, 0.2) is 0 Å². The normalized spacial score (nSPS) is 21.6. The number of carbonyl (C=O) groups is 1. The van der Waals surface area contributed by atoms with Crippen molar-refractivity contribution in [1.82, 2.24) is 10.2 Å². The third-order valence-electron chi connectivity index (χ3n) is 4.09. The van der Waals surface area contributed by atoms with E-state index in [-0.39, 0.29) is 12.4 Å². The van der Waals surface area contributed by atoms with Crippen molar-refractivity contribution in [2.45, 2.75) is 52.5 Å². The molecule has 4 heteroatoms. The zero-order chi connectivity index (χ0) is 12.8. The Hall–Kier alpha value is -0.280. The summed E-state index contributed by atoms with van der Waals surface area (Å²) in [4.78, 5) is 14.3. The van der Waals surface area contributed by atoms with Crippen LogP contribution in [0.1, 0.15) is 46.5 Å². The molecule has 1 amide bonds. The van der Waals surface area contributed by atoms with Crippen LogP contribution in [-0.4, -0.2) is 37.0 Å². The fourth-order valence-corrected chi connectivity index (χ4v) is 2.64. The molecule has 3 nitrogen and oxygen atoms in total. The third kappa shape index (κ3) is 5.15. The quantitative estimate of drug-likeness (QED) is 0.837. The Kier molecular flexibility index (Phi) is 8.62. The summed E-state index contributed by atoms with van der Waals surface area (Å²) in [6, 6.07) is 0.492. The Bertz CT molecular complexity index is 246. The van der Waals surface area contributed by atoms with Gasteiger partial charge in [0.1, 0.15) is 0 Å². The Morgan fingerprint density at radius 3 is 2.61 bits per heavy atom. The summed E-state index contributed by atoms with van der Waals surface area (Å²) in [5.41, 5.74) is 0. The van der Waals surface area contributed by atoms with Gasteiger partial charge < -0.3 is 10.2 Å². The highest BCUT2D eigenvalue weighted by Crippen LogP contribution is 2.21. The van der Waals surface area contributed by atoms with Gasteiger partial charge in [0.05, 0.1) is 0 Å². The smallest absolute Gasteiger partial charge is 0.222 e. The number of hydrogen-bond acceptors (Lipinski definition) is 2. The first-order valence-corrected chi connectivity index (χ1v) is 7.03. The molecule has 0 aromatic heterocycles. The minimum absolute atomic E-state index is 0. The van der Waals surface area contributed by atoms with Crippen molar-refractivity contribution in [2.75, 3.05) is 20.1 Å². The maximum atomic E-state index is 12.2. The predicted octanol–water partition coefficient (Wildman–Crippen LogP) is 2.69. The lowest BCUT2D eigenvalue weighted by molar-refractivity contribution is -0.133. The van der Waals surface area contributed by atoms with E-state index in [1.807, 2.05) is 7.05 Å². The van der Waals surface area contributed by atoms with Gasteiger partial charge in [-0.05, 0) is 31.7 Å². The first kappa shape index (κ1) is 17.7. The van der Waals surface area contributed by atoms with Crippen LogP contribution in [0.4, 0.5) is 0 Å². The van der Waals surface area contributed by atoms with Gasteiger partial charge in [-0.25, -0.2) is 0 Å². The molecule has 108 valence electrons. The van der Waals surface area contributed by atoms with E-state index in [2.05, 4.69) is 31.0 Å². The van der Waals surface area contributed by atoms with Gasteiger partial charge in [0.2, 0.25) is 5.91 Å². The molecule has 2 unspecified atom stereocenters. The van der Waals surface area contributed by atoms with Gasteiger partial charge in [-0.15, -0.1) is 12.4 Å². The lowest BCUT2D eigenvalue weighted by atomic mass is 9.89. The molecule has 0 saturated carbocycles. The number of nitrogens with zero attached hydrogens (tertiary/aromatic N) is 1. The Morgan fingerprint density at radius 2 is 2.11 bits per heavy atom. The Balaban J connectivity index is 0.00000289. The number of piperidine rings is 1. The average Bonchev–Trinajstić information content (AvgIpc) is 2.35. The van der Waals surface area contributed by atoms with Crippen molar-refractivity contribution in [2.24, 2.45) is 11.8 Å². The molecular weight excluding hydrogens is 248 g/mol. The van der Waals surface area contributed by atoms with Gasteiger partial charge in [0.25, 0.3) is 0 Å². The number of carbonyl (C=O) groups excluding carboxylic acids is 1. The summed E-state index contributed by atoms with van der Waals surface area (Å²) < 4.78 is 0. The zero-order valence-corrected chi connectivity index (χ0v) is 13.1. The topological polar surface area (TPSA) is 32.3 Å². The van der Waals surface area contributed by atoms with Crippen LogP contribution in [0, 0.1) is 11.8 Å². The summed E-state index contributed by atoms with van der Waals surface area (Å²) in [6.07, 6.45) is 4.16. The first-order chi connectivity index (χ1) is 8.08. The highest BCUT2D eigenvalue weighted by atomic mass is 35.5.